The van der Waals surface area contributed by atoms with Crippen LogP contribution in [0.4, 0.5) is 0 Å². The van der Waals surface area contributed by atoms with E-state index in [9.17, 15) is 0 Å². The van der Waals surface area contributed by atoms with Crippen molar-refractivity contribution in [1.82, 2.24) is 20.5 Å². The summed E-state index contributed by atoms with van der Waals surface area (Å²) in [7, 11) is 4.18. The first-order chi connectivity index (χ1) is 13.7. The highest BCUT2D eigenvalue weighted by Gasteiger charge is 2.04. The standard InChI is InChI=1S/C23H31N5.HI/c1-4-24-23(27-15-18-8-7-9-19(14-18)17-28(2)3)25-13-12-20-16-26-22-11-6-5-10-21(20)22;/h5-11,14,16,26H,4,12-13,15,17H2,1-3H3,(H2,24,25,27);1H. The lowest BCUT2D eigenvalue weighted by Gasteiger charge is -2.12. The zero-order chi connectivity index (χ0) is 19.8. The minimum Gasteiger partial charge on any atom is -0.361 e. The molecule has 0 fully saturated rings. The number of aliphatic imine (C=N–C) groups is 1. The fourth-order valence-corrected chi connectivity index (χ4v) is 3.36. The maximum Gasteiger partial charge on any atom is 0.191 e. The summed E-state index contributed by atoms with van der Waals surface area (Å²) < 4.78 is 0. The Balaban J connectivity index is 0.00000300. The number of aromatic amines is 1. The molecule has 3 N–H and O–H groups in total. The number of nitrogens with one attached hydrogen (secondary N) is 3. The lowest BCUT2D eigenvalue weighted by molar-refractivity contribution is 0.402. The number of guanidine groups is 1. The molecule has 0 aliphatic heterocycles. The molecule has 0 amide bonds. The van der Waals surface area contributed by atoms with Crippen molar-refractivity contribution in [2.45, 2.75) is 26.4 Å². The van der Waals surface area contributed by atoms with E-state index in [2.05, 4.69) is 96.3 Å². The first-order valence-corrected chi connectivity index (χ1v) is 9.95. The number of halogens is 1. The van der Waals surface area contributed by atoms with Crippen LogP contribution in [-0.4, -0.2) is 43.0 Å². The lowest BCUT2D eigenvalue weighted by atomic mass is 10.1. The van der Waals surface area contributed by atoms with Crippen molar-refractivity contribution in [3.8, 4) is 0 Å². The van der Waals surface area contributed by atoms with Crippen molar-refractivity contribution in [2.75, 3.05) is 27.2 Å². The topological polar surface area (TPSA) is 55.5 Å². The van der Waals surface area contributed by atoms with E-state index >= 15 is 0 Å². The van der Waals surface area contributed by atoms with Crippen molar-refractivity contribution in [3.05, 3.63) is 71.4 Å². The van der Waals surface area contributed by atoms with Gasteiger partial charge in [-0.05, 0) is 50.2 Å². The first-order valence-electron chi connectivity index (χ1n) is 9.95. The van der Waals surface area contributed by atoms with E-state index < -0.39 is 0 Å². The molecular formula is C23H32IN5. The highest BCUT2D eigenvalue weighted by atomic mass is 127. The molecule has 1 aromatic heterocycles. The molecule has 0 radical (unpaired) electrons. The summed E-state index contributed by atoms with van der Waals surface area (Å²) >= 11 is 0. The van der Waals surface area contributed by atoms with Gasteiger partial charge in [-0.25, -0.2) is 4.99 Å². The summed E-state index contributed by atoms with van der Waals surface area (Å²) in [6.07, 6.45) is 3.05. The van der Waals surface area contributed by atoms with Gasteiger partial charge in [-0.2, -0.15) is 0 Å². The van der Waals surface area contributed by atoms with E-state index in [4.69, 9.17) is 4.99 Å². The number of aromatic nitrogens is 1. The third-order valence-electron chi connectivity index (χ3n) is 4.62. The van der Waals surface area contributed by atoms with Gasteiger partial charge in [0.2, 0.25) is 0 Å². The number of hydrogen-bond donors (Lipinski definition) is 3. The van der Waals surface area contributed by atoms with E-state index in [1.165, 1.54) is 27.6 Å². The molecule has 3 aromatic rings. The fourth-order valence-electron chi connectivity index (χ4n) is 3.36. The van der Waals surface area contributed by atoms with Gasteiger partial charge in [-0.3, -0.25) is 0 Å². The van der Waals surface area contributed by atoms with Gasteiger partial charge in [0.1, 0.15) is 0 Å². The largest absolute Gasteiger partial charge is 0.361 e. The summed E-state index contributed by atoms with van der Waals surface area (Å²) in [5.41, 5.74) is 5.06. The number of hydrogen-bond acceptors (Lipinski definition) is 2. The van der Waals surface area contributed by atoms with Crippen LogP contribution in [0.3, 0.4) is 0 Å². The smallest absolute Gasteiger partial charge is 0.191 e. The molecule has 29 heavy (non-hydrogen) atoms. The Labute approximate surface area is 191 Å². The molecule has 0 atom stereocenters. The molecule has 6 heteroatoms. The molecule has 1 heterocycles. The Morgan fingerprint density at radius 1 is 1.03 bits per heavy atom. The lowest BCUT2D eigenvalue weighted by Crippen LogP contribution is -2.38. The van der Waals surface area contributed by atoms with Crippen molar-refractivity contribution in [1.29, 1.82) is 0 Å². The SMILES string of the molecule is CCNC(=NCc1cccc(CN(C)C)c1)NCCc1c[nH]c2ccccc12.I. The van der Waals surface area contributed by atoms with Crippen LogP contribution in [0.15, 0.2) is 59.7 Å². The van der Waals surface area contributed by atoms with Gasteiger partial charge in [0.15, 0.2) is 5.96 Å². The molecule has 0 aliphatic rings. The average Bonchev–Trinajstić information content (AvgIpc) is 3.09. The van der Waals surface area contributed by atoms with Crippen LogP contribution < -0.4 is 10.6 Å². The molecule has 0 bridgehead atoms. The van der Waals surface area contributed by atoms with E-state index in [-0.39, 0.29) is 24.0 Å². The monoisotopic (exact) mass is 505 g/mol. The number of para-hydroxylation sites is 1. The quantitative estimate of drug-likeness (QED) is 0.245. The highest BCUT2D eigenvalue weighted by molar-refractivity contribution is 14.0. The molecule has 0 saturated heterocycles. The molecule has 156 valence electrons. The van der Waals surface area contributed by atoms with E-state index in [0.29, 0.717) is 6.54 Å². The molecule has 3 rings (SSSR count). The van der Waals surface area contributed by atoms with E-state index in [0.717, 1.165) is 32.0 Å². The van der Waals surface area contributed by atoms with Crippen LogP contribution in [0.25, 0.3) is 10.9 Å². The number of benzene rings is 2. The predicted octanol–water partition coefficient (Wildman–Crippen LogP) is 4.15. The Bertz CT molecular complexity index is 916. The second-order valence-electron chi connectivity index (χ2n) is 7.29. The minimum atomic E-state index is 0. The van der Waals surface area contributed by atoms with Gasteiger partial charge in [0.05, 0.1) is 6.54 Å². The number of rotatable bonds is 8. The molecule has 5 nitrogen and oxygen atoms in total. The number of H-pyrrole nitrogens is 1. The van der Waals surface area contributed by atoms with Gasteiger partial charge < -0.3 is 20.5 Å². The zero-order valence-corrected chi connectivity index (χ0v) is 19.9. The van der Waals surface area contributed by atoms with Crippen LogP contribution in [0, 0.1) is 0 Å². The molecular weight excluding hydrogens is 473 g/mol. The maximum absolute atomic E-state index is 4.76. The molecule has 0 unspecified atom stereocenters. The van der Waals surface area contributed by atoms with Crippen molar-refractivity contribution in [3.63, 3.8) is 0 Å². The summed E-state index contributed by atoms with van der Waals surface area (Å²) in [6, 6.07) is 17.1. The van der Waals surface area contributed by atoms with Gasteiger partial charge in [-0.15, -0.1) is 24.0 Å². The van der Waals surface area contributed by atoms with Gasteiger partial charge in [-0.1, -0.05) is 42.5 Å². The average molecular weight is 505 g/mol. The Kier molecular flexibility index (Phi) is 9.47. The molecule has 0 saturated carbocycles. The Hall–Kier alpha value is -2.06. The maximum atomic E-state index is 4.76. The van der Waals surface area contributed by atoms with Gasteiger partial charge in [0.25, 0.3) is 0 Å². The van der Waals surface area contributed by atoms with E-state index in [1.54, 1.807) is 0 Å². The van der Waals surface area contributed by atoms with Crippen molar-refractivity contribution in [2.24, 2.45) is 4.99 Å². The van der Waals surface area contributed by atoms with Crippen molar-refractivity contribution < 1.29 is 0 Å². The molecule has 2 aromatic carbocycles. The summed E-state index contributed by atoms with van der Waals surface area (Å²) in [6.45, 7) is 5.40. The predicted molar refractivity (Wildman–Crippen MR) is 134 cm³/mol. The fraction of sp³-hybridized carbons (Fsp3) is 0.348. The van der Waals surface area contributed by atoms with Crippen LogP contribution in [0.5, 0.6) is 0 Å². The summed E-state index contributed by atoms with van der Waals surface area (Å²) in [5.74, 6) is 0.861. The molecule has 0 aliphatic carbocycles. The van der Waals surface area contributed by atoms with E-state index in [1.807, 2.05) is 0 Å². The summed E-state index contributed by atoms with van der Waals surface area (Å²) in [4.78, 5) is 10.3. The number of nitrogens with zero attached hydrogens (tertiary/aromatic N) is 2. The third kappa shape index (κ3) is 7.04. The van der Waals surface area contributed by atoms with Crippen LogP contribution >= 0.6 is 24.0 Å². The summed E-state index contributed by atoms with van der Waals surface area (Å²) in [5, 5.41) is 8.09. The normalized spacial score (nSPS) is 11.5. The Morgan fingerprint density at radius 2 is 1.83 bits per heavy atom. The third-order valence-corrected chi connectivity index (χ3v) is 4.62. The van der Waals surface area contributed by atoms with Crippen LogP contribution in [0.1, 0.15) is 23.6 Å². The van der Waals surface area contributed by atoms with Crippen LogP contribution in [-0.2, 0) is 19.5 Å². The molecule has 0 spiro atoms. The van der Waals surface area contributed by atoms with Gasteiger partial charge in [0, 0.05) is 36.7 Å². The van der Waals surface area contributed by atoms with Gasteiger partial charge >= 0.3 is 0 Å². The first kappa shape index (κ1) is 23.2. The zero-order valence-electron chi connectivity index (χ0n) is 17.5. The second kappa shape index (κ2) is 11.8. The number of fused-ring (bicyclic) bond motifs is 1. The Morgan fingerprint density at radius 3 is 2.62 bits per heavy atom. The second-order valence-corrected chi connectivity index (χ2v) is 7.29. The van der Waals surface area contributed by atoms with Crippen LogP contribution in [0.2, 0.25) is 0 Å². The van der Waals surface area contributed by atoms with Crippen molar-refractivity contribution >= 4 is 40.8 Å². The minimum absolute atomic E-state index is 0. The highest BCUT2D eigenvalue weighted by Crippen LogP contribution is 2.17.